The number of carbonyl (C=O) groups excluding carboxylic acids is 1. The van der Waals surface area contributed by atoms with Gasteiger partial charge in [-0.3, -0.25) is 9.20 Å². The molecule has 0 bridgehead atoms. The molecule has 3 rings (SSSR count). The van der Waals surface area contributed by atoms with Crippen LogP contribution in [0, 0.1) is 0 Å². The van der Waals surface area contributed by atoms with Crippen molar-refractivity contribution in [2.75, 3.05) is 14.2 Å². The van der Waals surface area contributed by atoms with Gasteiger partial charge in [0, 0.05) is 12.3 Å². The summed E-state index contributed by atoms with van der Waals surface area (Å²) >= 11 is 3.34. The number of rotatable bonds is 5. The molecule has 26 heavy (non-hydrogen) atoms. The van der Waals surface area contributed by atoms with Crippen LogP contribution in [0.25, 0.3) is 5.65 Å². The maximum absolute atomic E-state index is 12.4. The lowest BCUT2D eigenvalue weighted by Crippen LogP contribution is -2.16. The van der Waals surface area contributed by atoms with Crippen molar-refractivity contribution >= 4 is 27.5 Å². The van der Waals surface area contributed by atoms with E-state index in [0.717, 1.165) is 0 Å². The summed E-state index contributed by atoms with van der Waals surface area (Å²) in [5.74, 6) is 0.306. The summed E-state index contributed by atoms with van der Waals surface area (Å²) in [6.07, 6.45) is 1.63. The molecule has 2 aromatic heterocycles. The molecule has 0 N–H and O–H groups in total. The van der Waals surface area contributed by atoms with Gasteiger partial charge in [-0.1, -0.05) is 6.07 Å². The van der Waals surface area contributed by atoms with Gasteiger partial charge in [0.2, 0.25) is 0 Å². The van der Waals surface area contributed by atoms with Crippen LogP contribution in [0.2, 0.25) is 0 Å². The second-order valence-electron chi connectivity index (χ2n) is 5.29. The molecule has 0 unspecified atom stereocenters. The molecule has 0 atom stereocenters. The normalized spacial score (nSPS) is 10.6. The monoisotopic (exact) mass is 418 g/mol. The Morgan fingerprint density at radius 1 is 1.15 bits per heavy atom. The number of halogens is 1. The molecule has 0 amide bonds. The van der Waals surface area contributed by atoms with Gasteiger partial charge in [0.25, 0.3) is 5.56 Å². The second-order valence-corrected chi connectivity index (χ2v) is 6.08. The molecule has 8 heteroatoms. The Balaban J connectivity index is 1.82. The Kier molecular flexibility index (Phi) is 5.22. The standard InChI is InChI=1S/C18H15BrN2O5/c1-24-13-7-11(8-14(25-2)17(13)19)18(23)26-10-12-9-16(22)21-6-4-3-5-15(21)20-12/h3-9H,10H2,1-2H3. The number of fused-ring (bicyclic) bond motifs is 1. The topological polar surface area (TPSA) is 79.1 Å². The first kappa shape index (κ1) is 17.9. The van der Waals surface area contributed by atoms with E-state index in [1.807, 2.05) is 0 Å². The van der Waals surface area contributed by atoms with E-state index in [0.29, 0.717) is 27.3 Å². The molecule has 0 radical (unpaired) electrons. The van der Waals surface area contributed by atoms with E-state index >= 15 is 0 Å². The molecule has 0 spiro atoms. The minimum absolute atomic E-state index is 0.125. The number of hydrogen-bond donors (Lipinski definition) is 0. The maximum Gasteiger partial charge on any atom is 0.338 e. The van der Waals surface area contributed by atoms with Gasteiger partial charge < -0.3 is 14.2 Å². The van der Waals surface area contributed by atoms with E-state index in [2.05, 4.69) is 20.9 Å². The third kappa shape index (κ3) is 3.55. The number of esters is 1. The molecule has 7 nitrogen and oxygen atoms in total. The van der Waals surface area contributed by atoms with Crippen molar-refractivity contribution in [3.05, 3.63) is 68.7 Å². The van der Waals surface area contributed by atoms with Gasteiger partial charge in [-0.15, -0.1) is 0 Å². The zero-order valence-corrected chi connectivity index (χ0v) is 15.6. The van der Waals surface area contributed by atoms with Crippen molar-refractivity contribution in [2.45, 2.75) is 6.61 Å². The highest BCUT2D eigenvalue weighted by Gasteiger charge is 2.16. The summed E-state index contributed by atoms with van der Waals surface area (Å²) in [5.41, 5.74) is 0.872. The van der Waals surface area contributed by atoms with Crippen molar-refractivity contribution in [3.8, 4) is 11.5 Å². The van der Waals surface area contributed by atoms with Crippen LogP contribution in [-0.2, 0) is 11.3 Å². The van der Waals surface area contributed by atoms with E-state index < -0.39 is 5.97 Å². The smallest absolute Gasteiger partial charge is 0.338 e. The lowest BCUT2D eigenvalue weighted by molar-refractivity contribution is 0.0467. The quantitative estimate of drug-likeness (QED) is 0.592. The first-order valence-corrected chi connectivity index (χ1v) is 8.38. The summed E-state index contributed by atoms with van der Waals surface area (Å²) < 4.78 is 17.7. The van der Waals surface area contributed by atoms with Gasteiger partial charge in [0.1, 0.15) is 28.2 Å². The maximum atomic E-state index is 12.4. The van der Waals surface area contributed by atoms with Crippen molar-refractivity contribution in [2.24, 2.45) is 0 Å². The number of carbonyl (C=O) groups is 1. The third-order valence-corrected chi connectivity index (χ3v) is 4.44. The minimum Gasteiger partial charge on any atom is -0.495 e. The molecule has 134 valence electrons. The van der Waals surface area contributed by atoms with Gasteiger partial charge in [-0.05, 0) is 40.2 Å². The second kappa shape index (κ2) is 7.57. The highest BCUT2D eigenvalue weighted by Crippen LogP contribution is 2.35. The Bertz CT molecular complexity index is 1010. The summed E-state index contributed by atoms with van der Waals surface area (Å²) in [5, 5.41) is 0. The van der Waals surface area contributed by atoms with Gasteiger partial charge in [-0.2, -0.15) is 0 Å². The Morgan fingerprint density at radius 3 is 2.50 bits per heavy atom. The number of ether oxygens (including phenoxy) is 3. The van der Waals surface area contributed by atoms with Crippen LogP contribution in [0.3, 0.4) is 0 Å². The van der Waals surface area contributed by atoms with Crippen LogP contribution in [0.5, 0.6) is 11.5 Å². The summed E-state index contributed by atoms with van der Waals surface area (Å²) in [6.45, 7) is -0.125. The van der Waals surface area contributed by atoms with E-state index in [1.165, 1.54) is 36.8 Å². The zero-order chi connectivity index (χ0) is 18.7. The zero-order valence-electron chi connectivity index (χ0n) is 14.1. The average Bonchev–Trinajstić information content (AvgIpc) is 2.66. The first-order valence-electron chi connectivity index (χ1n) is 7.59. The van der Waals surface area contributed by atoms with E-state index in [4.69, 9.17) is 14.2 Å². The van der Waals surface area contributed by atoms with Crippen molar-refractivity contribution in [1.29, 1.82) is 0 Å². The molecular weight excluding hydrogens is 404 g/mol. The van der Waals surface area contributed by atoms with E-state index in [-0.39, 0.29) is 17.7 Å². The lowest BCUT2D eigenvalue weighted by Gasteiger charge is -2.11. The fraction of sp³-hybridized carbons (Fsp3) is 0.167. The van der Waals surface area contributed by atoms with Gasteiger partial charge in [0.15, 0.2) is 0 Å². The highest BCUT2D eigenvalue weighted by atomic mass is 79.9. The molecule has 3 aromatic rings. The highest BCUT2D eigenvalue weighted by molar-refractivity contribution is 9.10. The van der Waals surface area contributed by atoms with Gasteiger partial charge in [0.05, 0.1) is 25.5 Å². The van der Waals surface area contributed by atoms with Crippen LogP contribution < -0.4 is 15.0 Å². The number of methoxy groups -OCH3 is 2. The molecule has 0 aliphatic rings. The number of pyridine rings is 1. The SMILES string of the molecule is COc1cc(C(=O)OCc2cc(=O)n3ccccc3n2)cc(OC)c1Br. The van der Waals surface area contributed by atoms with Gasteiger partial charge in [-0.25, -0.2) is 9.78 Å². The summed E-state index contributed by atoms with van der Waals surface area (Å²) in [6, 6.07) is 9.64. The van der Waals surface area contributed by atoms with Crippen molar-refractivity contribution in [3.63, 3.8) is 0 Å². The largest absolute Gasteiger partial charge is 0.495 e. The van der Waals surface area contributed by atoms with Crippen LogP contribution >= 0.6 is 15.9 Å². The molecular formula is C18H15BrN2O5. The minimum atomic E-state index is -0.579. The number of aromatic nitrogens is 2. The summed E-state index contributed by atoms with van der Waals surface area (Å²) in [4.78, 5) is 28.7. The van der Waals surface area contributed by atoms with Crippen LogP contribution in [0.1, 0.15) is 16.1 Å². The van der Waals surface area contributed by atoms with Crippen molar-refractivity contribution in [1.82, 2.24) is 9.38 Å². The van der Waals surface area contributed by atoms with Gasteiger partial charge >= 0.3 is 5.97 Å². The fourth-order valence-corrected chi connectivity index (χ4v) is 2.94. The molecule has 1 aromatic carbocycles. The number of benzene rings is 1. The first-order chi connectivity index (χ1) is 12.5. The Morgan fingerprint density at radius 2 is 1.85 bits per heavy atom. The fourth-order valence-electron chi connectivity index (χ4n) is 2.39. The Labute approximate surface area is 157 Å². The summed E-state index contributed by atoms with van der Waals surface area (Å²) in [7, 11) is 2.97. The van der Waals surface area contributed by atoms with E-state index in [9.17, 15) is 9.59 Å². The molecule has 0 fully saturated rings. The average molecular weight is 419 g/mol. The number of nitrogens with zero attached hydrogens (tertiary/aromatic N) is 2. The predicted octanol–water partition coefficient (Wildman–Crippen LogP) is 2.83. The molecule has 0 saturated heterocycles. The lowest BCUT2D eigenvalue weighted by atomic mass is 10.2. The molecule has 0 aliphatic heterocycles. The van der Waals surface area contributed by atoms with Crippen molar-refractivity contribution < 1.29 is 19.0 Å². The van der Waals surface area contributed by atoms with Crippen LogP contribution in [0.15, 0.2) is 51.9 Å². The van der Waals surface area contributed by atoms with Crippen LogP contribution in [0.4, 0.5) is 0 Å². The third-order valence-electron chi connectivity index (χ3n) is 3.66. The van der Waals surface area contributed by atoms with E-state index in [1.54, 1.807) is 24.4 Å². The molecule has 2 heterocycles. The molecule has 0 saturated carbocycles. The number of hydrogen-bond acceptors (Lipinski definition) is 6. The Hall–Kier alpha value is -2.87. The predicted molar refractivity (Wildman–Crippen MR) is 97.8 cm³/mol. The van der Waals surface area contributed by atoms with Crippen LogP contribution in [-0.4, -0.2) is 29.6 Å². The molecule has 0 aliphatic carbocycles.